The molecule has 2 N–H and O–H groups in total. The average Bonchev–Trinajstić information content (AvgIpc) is 2.94. The third-order valence-corrected chi connectivity index (χ3v) is 6.03. The van der Waals surface area contributed by atoms with Crippen LogP contribution in [-0.4, -0.2) is 28.9 Å². The summed E-state index contributed by atoms with van der Waals surface area (Å²) in [4.78, 5) is 48.3. The number of ether oxygens (including phenoxy) is 1. The second-order valence-corrected chi connectivity index (χ2v) is 9.25. The number of nitrogens with one attached hydrogen (secondary N) is 2. The van der Waals surface area contributed by atoms with Gasteiger partial charge in [0.2, 0.25) is 11.7 Å². The second kappa shape index (κ2) is 13.1. The smallest absolute Gasteiger partial charge is 0.343 e. The highest BCUT2D eigenvalue weighted by atomic mass is 79.9. The van der Waals surface area contributed by atoms with Crippen molar-refractivity contribution in [3.63, 3.8) is 0 Å². The number of amides is 2. The van der Waals surface area contributed by atoms with E-state index in [4.69, 9.17) is 4.74 Å². The number of para-hydroxylation sites is 1. The standard InChI is InChI=1S/C29H21BrN4O6/c30-23-13-9-21(10-14-23)29(37)40-27-22(7-4-8-25(27)34(38)39)18-31-33-28(36)20-11-15-24(16-12-20)32-26(35)17-19-5-2-1-3-6-19/h1-16,18H,17H2,(H,32,35)(H,33,36)/b31-18+. The molecule has 0 unspecified atom stereocenters. The van der Waals surface area contributed by atoms with Gasteiger partial charge in [-0.15, -0.1) is 0 Å². The fraction of sp³-hybridized carbons (Fsp3) is 0.0345. The Bertz CT molecular complexity index is 1570. The van der Waals surface area contributed by atoms with Gasteiger partial charge in [0.25, 0.3) is 5.91 Å². The fourth-order valence-corrected chi connectivity index (χ4v) is 3.82. The minimum absolute atomic E-state index is 0.108. The summed E-state index contributed by atoms with van der Waals surface area (Å²) in [6, 6.07) is 25.9. The Labute approximate surface area is 237 Å². The summed E-state index contributed by atoms with van der Waals surface area (Å²) < 4.78 is 6.10. The lowest BCUT2D eigenvalue weighted by atomic mass is 10.1. The summed E-state index contributed by atoms with van der Waals surface area (Å²) in [6.45, 7) is 0. The Kier molecular flexibility index (Phi) is 9.11. The summed E-state index contributed by atoms with van der Waals surface area (Å²) in [7, 11) is 0. The van der Waals surface area contributed by atoms with Gasteiger partial charge in [-0.2, -0.15) is 5.10 Å². The van der Waals surface area contributed by atoms with E-state index < -0.39 is 22.5 Å². The number of esters is 1. The lowest BCUT2D eigenvalue weighted by Gasteiger charge is -2.08. The first-order valence-electron chi connectivity index (χ1n) is 11.8. The van der Waals surface area contributed by atoms with Crippen molar-refractivity contribution < 1.29 is 24.0 Å². The molecule has 0 aliphatic rings. The molecule has 0 spiro atoms. The van der Waals surface area contributed by atoms with Gasteiger partial charge in [-0.3, -0.25) is 19.7 Å². The van der Waals surface area contributed by atoms with Gasteiger partial charge < -0.3 is 10.1 Å². The van der Waals surface area contributed by atoms with Crippen LogP contribution in [-0.2, 0) is 11.2 Å². The number of hydrazone groups is 1. The molecule has 4 rings (SSSR count). The van der Waals surface area contributed by atoms with Crippen molar-refractivity contribution in [2.45, 2.75) is 6.42 Å². The lowest BCUT2D eigenvalue weighted by Crippen LogP contribution is -2.18. The normalized spacial score (nSPS) is 10.6. The minimum atomic E-state index is -0.795. The number of hydrogen-bond acceptors (Lipinski definition) is 7. The van der Waals surface area contributed by atoms with Crippen molar-refractivity contribution >= 4 is 51.3 Å². The van der Waals surface area contributed by atoms with Gasteiger partial charge in [-0.25, -0.2) is 10.2 Å². The molecule has 0 saturated carbocycles. The van der Waals surface area contributed by atoms with Gasteiger partial charge in [-0.1, -0.05) is 52.3 Å². The van der Waals surface area contributed by atoms with E-state index in [1.165, 1.54) is 42.5 Å². The van der Waals surface area contributed by atoms with E-state index >= 15 is 0 Å². The topological polar surface area (TPSA) is 140 Å². The van der Waals surface area contributed by atoms with Crippen LogP contribution in [0.3, 0.4) is 0 Å². The number of nitrogens with zero attached hydrogens (tertiary/aromatic N) is 2. The quantitative estimate of drug-likeness (QED) is 0.0851. The monoisotopic (exact) mass is 600 g/mol. The first kappa shape index (κ1) is 27.9. The van der Waals surface area contributed by atoms with E-state index in [0.29, 0.717) is 5.69 Å². The Morgan fingerprint density at radius 1 is 0.875 bits per heavy atom. The number of anilines is 1. The number of nitro benzene ring substituents is 1. The number of hydrogen-bond donors (Lipinski definition) is 2. The molecule has 0 bridgehead atoms. The number of rotatable bonds is 9. The van der Waals surface area contributed by atoms with Crippen molar-refractivity contribution in [2.24, 2.45) is 5.10 Å². The molecule has 0 aliphatic carbocycles. The zero-order valence-corrected chi connectivity index (χ0v) is 22.3. The van der Waals surface area contributed by atoms with E-state index in [2.05, 4.69) is 31.8 Å². The number of carbonyl (C=O) groups excluding carboxylic acids is 3. The van der Waals surface area contributed by atoms with Crippen molar-refractivity contribution in [2.75, 3.05) is 5.32 Å². The van der Waals surface area contributed by atoms with Gasteiger partial charge in [0, 0.05) is 27.4 Å². The summed E-state index contributed by atoms with van der Waals surface area (Å²) in [6.07, 6.45) is 1.36. The first-order valence-corrected chi connectivity index (χ1v) is 12.6. The molecule has 0 aromatic heterocycles. The van der Waals surface area contributed by atoms with Crippen molar-refractivity contribution in [1.82, 2.24) is 5.43 Å². The number of nitro groups is 1. The van der Waals surface area contributed by atoms with Crippen LogP contribution >= 0.6 is 15.9 Å². The van der Waals surface area contributed by atoms with E-state index in [-0.39, 0.29) is 34.8 Å². The van der Waals surface area contributed by atoms with Crippen LogP contribution in [0.1, 0.15) is 31.8 Å². The van der Waals surface area contributed by atoms with Crippen LogP contribution in [0.5, 0.6) is 5.75 Å². The summed E-state index contributed by atoms with van der Waals surface area (Å²) in [5, 5.41) is 18.2. The van der Waals surface area contributed by atoms with Crippen LogP contribution in [0.4, 0.5) is 11.4 Å². The molecule has 0 fully saturated rings. The van der Waals surface area contributed by atoms with E-state index in [1.54, 1.807) is 24.3 Å². The molecule has 0 saturated heterocycles. The molecule has 0 heterocycles. The molecular formula is C29H21BrN4O6. The second-order valence-electron chi connectivity index (χ2n) is 8.34. The molecule has 4 aromatic rings. The highest BCUT2D eigenvalue weighted by Gasteiger charge is 2.22. The third kappa shape index (κ3) is 7.45. The van der Waals surface area contributed by atoms with Gasteiger partial charge in [0.05, 0.1) is 23.1 Å². The summed E-state index contributed by atoms with van der Waals surface area (Å²) in [5.41, 5.74) is 3.86. The van der Waals surface area contributed by atoms with E-state index in [0.717, 1.165) is 16.3 Å². The molecular weight excluding hydrogens is 580 g/mol. The van der Waals surface area contributed by atoms with Gasteiger partial charge in [0.15, 0.2) is 0 Å². The Morgan fingerprint density at radius 2 is 1.55 bits per heavy atom. The molecule has 2 amide bonds. The van der Waals surface area contributed by atoms with Crippen LogP contribution in [0.25, 0.3) is 0 Å². The highest BCUT2D eigenvalue weighted by Crippen LogP contribution is 2.31. The maximum absolute atomic E-state index is 12.6. The highest BCUT2D eigenvalue weighted by molar-refractivity contribution is 9.10. The summed E-state index contributed by atoms with van der Waals surface area (Å²) in [5.74, 6) is -1.86. The molecule has 10 nitrogen and oxygen atoms in total. The molecule has 0 radical (unpaired) electrons. The number of benzene rings is 4. The van der Waals surface area contributed by atoms with Crippen molar-refractivity contribution in [1.29, 1.82) is 0 Å². The van der Waals surface area contributed by atoms with E-state index in [9.17, 15) is 24.5 Å². The van der Waals surface area contributed by atoms with Gasteiger partial charge in [0.1, 0.15) is 0 Å². The fourth-order valence-electron chi connectivity index (χ4n) is 3.55. The van der Waals surface area contributed by atoms with Crippen LogP contribution in [0.15, 0.2) is 107 Å². The third-order valence-electron chi connectivity index (χ3n) is 5.50. The molecule has 0 aliphatic heterocycles. The van der Waals surface area contributed by atoms with Crippen molar-refractivity contribution in [3.05, 3.63) is 134 Å². The van der Waals surface area contributed by atoms with Crippen LogP contribution < -0.4 is 15.5 Å². The van der Waals surface area contributed by atoms with Crippen LogP contribution in [0, 0.1) is 10.1 Å². The minimum Gasteiger partial charge on any atom is -0.415 e. The predicted molar refractivity (Wildman–Crippen MR) is 152 cm³/mol. The van der Waals surface area contributed by atoms with Gasteiger partial charge >= 0.3 is 11.7 Å². The Hall–Kier alpha value is -5.16. The zero-order chi connectivity index (χ0) is 28.5. The SMILES string of the molecule is O=C(Cc1ccccc1)Nc1ccc(C(=O)N/N=C/c2cccc([N+](=O)[O-])c2OC(=O)c2ccc(Br)cc2)cc1. The van der Waals surface area contributed by atoms with E-state index in [1.807, 2.05) is 30.3 Å². The first-order chi connectivity index (χ1) is 19.3. The summed E-state index contributed by atoms with van der Waals surface area (Å²) >= 11 is 3.27. The average molecular weight is 601 g/mol. The Balaban J connectivity index is 1.41. The number of halogens is 1. The molecule has 11 heteroatoms. The Morgan fingerprint density at radius 3 is 2.23 bits per heavy atom. The molecule has 4 aromatic carbocycles. The van der Waals surface area contributed by atoms with Crippen LogP contribution in [0.2, 0.25) is 0 Å². The zero-order valence-electron chi connectivity index (χ0n) is 20.7. The lowest BCUT2D eigenvalue weighted by molar-refractivity contribution is -0.385. The molecule has 0 atom stereocenters. The maximum atomic E-state index is 12.6. The largest absolute Gasteiger partial charge is 0.415 e. The number of carbonyl (C=O) groups is 3. The van der Waals surface area contributed by atoms with Crippen molar-refractivity contribution in [3.8, 4) is 5.75 Å². The molecule has 200 valence electrons. The molecule has 40 heavy (non-hydrogen) atoms. The maximum Gasteiger partial charge on any atom is 0.343 e. The van der Waals surface area contributed by atoms with Gasteiger partial charge in [-0.05, 0) is 60.2 Å². The predicted octanol–water partition coefficient (Wildman–Crippen LogP) is 5.52.